The molecule has 9 N–H and O–H groups in total. The van der Waals surface area contributed by atoms with Gasteiger partial charge in [0.1, 0.15) is 17.8 Å². The summed E-state index contributed by atoms with van der Waals surface area (Å²) in [6.45, 7) is -0.556. The standard InChI is InChI=1S/C25H31N5O7/c26-18(12-16-6-8-17(31)9-7-16)23(34)30-19(10-11-21(27)32)24(35)28-14-22(33)29-20(25(36)37)13-15-4-2-1-3-5-15/h1-9,18-20,31H,10-14,26H2,(H2,27,32)(H,28,35)(H,29,33)(H,30,34)(H,36,37). The second kappa shape index (κ2) is 14.2. The van der Waals surface area contributed by atoms with Gasteiger partial charge in [-0.3, -0.25) is 19.2 Å². The molecule has 0 saturated carbocycles. The van der Waals surface area contributed by atoms with Crippen LogP contribution in [-0.4, -0.2) is 64.5 Å². The van der Waals surface area contributed by atoms with Crippen molar-refractivity contribution < 1.29 is 34.2 Å². The average molecular weight is 514 g/mol. The van der Waals surface area contributed by atoms with Crippen LogP contribution in [0.5, 0.6) is 5.75 Å². The molecule has 2 aromatic rings. The summed E-state index contributed by atoms with van der Waals surface area (Å²) in [5.74, 6) is -4.06. The van der Waals surface area contributed by atoms with Gasteiger partial charge in [0.2, 0.25) is 23.6 Å². The quantitative estimate of drug-likeness (QED) is 0.165. The van der Waals surface area contributed by atoms with E-state index in [4.69, 9.17) is 11.5 Å². The fraction of sp³-hybridized carbons (Fsp3) is 0.320. The Bertz CT molecular complexity index is 1090. The number of amides is 4. The van der Waals surface area contributed by atoms with Crippen LogP contribution in [0.1, 0.15) is 24.0 Å². The lowest BCUT2D eigenvalue weighted by atomic mass is 10.0. The second-order valence-electron chi connectivity index (χ2n) is 8.41. The zero-order valence-corrected chi connectivity index (χ0v) is 20.1. The Morgan fingerprint density at radius 2 is 1.43 bits per heavy atom. The molecule has 37 heavy (non-hydrogen) atoms. The molecule has 12 nitrogen and oxygen atoms in total. The first kappa shape index (κ1) is 28.8. The smallest absolute Gasteiger partial charge is 0.326 e. The Morgan fingerprint density at radius 1 is 0.811 bits per heavy atom. The number of carboxylic acids is 1. The van der Waals surface area contributed by atoms with Crippen molar-refractivity contribution in [1.29, 1.82) is 0 Å². The van der Waals surface area contributed by atoms with Gasteiger partial charge in [0.05, 0.1) is 12.6 Å². The second-order valence-corrected chi connectivity index (χ2v) is 8.41. The van der Waals surface area contributed by atoms with E-state index in [0.717, 1.165) is 0 Å². The van der Waals surface area contributed by atoms with Gasteiger partial charge in [-0.25, -0.2) is 4.79 Å². The van der Waals surface area contributed by atoms with Gasteiger partial charge in [-0.2, -0.15) is 0 Å². The molecule has 12 heteroatoms. The van der Waals surface area contributed by atoms with E-state index in [9.17, 15) is 34.2 Å². The van der Waals surface area contributed by atoms with E-state index in [2.05, 4.69) is 16.0 Å². The Hall–Kier alpha value is -4.45. The lowest BCUT2D eigenvalue weighted by Crippen LogP contribution is -2.54. The first-order valence-electron chi connectivity index (χ1n) is 11.5. The molecular weight excluding hydrogens is 482 g/mol. The molecule has 0 aliphatic heterocycles. The van der Waals surface area contributed by atoms with Crippen LogP contribution in [0.2, 0.25) is 0 Å². The SMILES string of the molecule is NC(=O)CCC(NC(=O)C(N)Cc1ccc(O)cc1)C(=O)NCC(=O)NC(Cc1ccccc1)C(=O)O. The van der Waals surface area contributed by atoms with Crippen molar-refractivity contribution in [2.24, 2.45) is 11.5 Å². The molecule has 0 saturated heterocycles. The number of aromatic hydroxyl groups is 1. The third-order valence-electron chi connectivity index (χ3n) is 5.38. The molecule has 0 heterocycles. The topological polar surface area (TPSA) is 214 Å². The molecule has 2 rings (SSSR count). The number of carbonyl (C=O) groups is 5. The minimum atomic E-state index is -1.24. The maximum atomic E-state index is 12.7. The van der Waals surface area contributed by atoms with E-state index in [-0.39, 0.29) is 31.4 Å². The minimum Gasteiger partial charge on any atom is -0.508 e. The number of rotatable bonds is 14. The molecular formula is C25H31N5O7. The number of hydrogen-bond acceptors (Lipinski definition) is 7. The van der Waals surface area contributed by atoms with E-state index >= 15 is 0 Å². The zero-order chi connectivity index (χ0) is 27.4. The van der Waals surface area contributed by atoms with Crippen LogP contribution in [-0.2, 0) is 36.8 Å². The number of phenols is 1. The van der Waals surface area contributed by atoms with Crippen molar-refractivity contribution in [2.75, 3.05) is 6.54 Å². The minimum absolute atomic E-state index is 0.0477. The average Bonchev–Trinajstić information content (AvgIpc) is 2.86. The monoisotopic (exact) mass is 513 g/mol. The fourth-order valence-corrected chi connectivity index (χ4v) is 3.40. The van der Waals surface area contributed by atoms with E-state index in [1.807, 2.05) is 0 Å². The van der Waals surface area contributed by atoms with Crippen LogP contribution < -0.4 is 27.4 Å². The molecule has 3 unspecified atom stereocenters. The largest absolute Gasteiger partial charge is 0.508 e. The number of nitrogens with one attached hydrogen (secondary N) is 3. The summed E-state index contributed by atoms with van der Waals surface area (Å²) < 4.78 is 0. The summed E-state index contributed by atoms with van der Waals surface area (Å²) in [6, 6.07) is 11.3. The Morgan fingerprint density at radius 3 is 2.03 bits per heavy atom. The predicted octanol–water partition coefficient (Wildman–Crippen LogP) is -1.06. The fourth-order valence-electron chi connectivity index (χ4n) is 3.40. The zero-order valence-electron chi connectivity index (χ0n) is 20.1. The van der Waals surface area contributed by atoms with Crippen molar-refractivity contribution >= 4 is 29.6 Å². The summed E-state index contributed by atoms with van der Waals surface area (Å²) in [5.41, 5.74) is 12.5. The Balaban J connectivity index is 1.94. The van der Waals surface area contributed by atoms with Gasteiger partial charge >= 0.3 is 5.97 Å². The van der Waals surface area contributed by atoms with Crippen LogP contribution >= 0.6 is 0 Å². The van der Waals surface area contributed by atoms with Gasteiger partial charge in [-0.05, 0) is 36.1 Å². The molecule has 2 aromatic carbocycles. The van der Waals surface area contributed by atoms with Crippen LogP contribution in [0.25, 0.3) is 0 Å². The molecule has 3 atom stereocenters. The number of aliphatic carboxylic acids is 1. The van der Waals surface area contributed by atoms with E-state index in [0.29, 0.717) is 11.1 Å². The molecule has 0 spiro atoms. The maximum Gasteiger partial charge on any atom is 0.326 e. The van der Waals surface area contributed by atoms with Gasteiger partial charge in [-0.15, -0.1) is 0 Å². The van der Waals surface area contributed by atoms with Crippen molar-refractivity contribution in [1.82, 2.24) is 16.0 Å². The van der Waals surface area contributed by atoms with E-state index < -0.39 is 54.3 Å². The van der Waals surface area contributed by atoms with Crippen LogP contribution in [0, 0.1) is 0 Å². The first-order chi connectivity index (χ1) is 17.5. The molecule has 0 bridgehead atoms. The van der Waals surface area contributed by atoms with Crippen molar-refractivity contribution in [3.63, 3.8) is 0 Å². The highest BCUT2D eigenvalue weighted by molar-refractivity contribution is 5.93. The lowest BCUT2D eigenvalue weighted by molar-refractivity contribution is -0.141. The third-order valence-corrected chi connectivity index (χ3v) is 5.38. The van der Waals surface area contributed by atoms with Crippen molar-refractivity contribution in [3.05, 3.63) is 65.7 Å². The number of carboxylic acid groups (broad SMARTS) is 1. The van der Waals surface area contributed by atoms with Gasteiger partial charge in [0.25, 0.3) is 0 Å². The highest BCUT2D eigenvalue weighted by atomic mass is 16.4. The highest BCUT2D eigenvalue weighted by Crippen LogP contribution is 2.11. The Kier molecular flexibility index (Phi) is 11.0. The van der Waals surface area contributed by atoms with Crippen LogP contribution in [0.3, 0.4) is 0 Å². The van der Waals surface area contributed by atoms with Crippen molar-refractivity contribution in [3.8, 4) is 5.75 Å². The number of carbonyl (C=O) groups excluding carboxylic acids is 4. The molecule has 0 aromatic heterocycles. The van der Waals surface area contributed by atoms with Crippen LogP contribution in [0.4, 0.5) is 0 Å². The van der Waals surface area contributed by atoms with Gasteiger partial charge in [0, 0.05) is 12.8 Å². The first-order valence-corrected chi connectivity index (χ1v) is 11.5. The number of hydrogen-bond donors (Lipinski definition) is 7. The summed E-state index contributed by atoms with van der Waals surface area (Å²) in [6.07, 6.45) is -0.176. The van der Waals surface area contributed by atoms with Gasteiger partial charge in [-0.1, -0.05) is 42.5 Å². The lowest BCUT2D eigenvalue weighted by Gasteiger charge is -2.21. The molecule has 198 valence electrons. The normalized spacial score (nSPS) is 13.0. The van der Waals surface area contributed by atoms with Gasteiger partial charge < -0.3 is 37.6 Å². The molecule has 0 aliphatic rings. The molecule has 0 radical (unpaired) electrons. The molecule has 4 amide bonds. The number of phenolic OH excluding ortho intramolecular Hbond substituents is 1. The maximum absolute atomic E-state index is 12.7. The summed E-state index contributed by atoms with van der Waals surface area (Å²) in [5, 5.41) is 25.9. The summed E-state index contributed by atoms with van der Waals surface area (Å²) in [4.78, 5) is 60.4. The summed E-state index contributed by atoms with van der Waals surface area (Å²) in [7, 11) is 0. The number of benzene rings is 2. The molecule has 0 aliphatic carbocycles. The van der Waals surface area contributed by atoms with Gasteiger partial charge in [0.15, 0.2) is 0 Å². The molecule has 0 fully saturated rings. The third kappa shape index (κ3) is 10.4. The van der Waals surface area contributed by atoms with E-state index in [1.165, 1.54) is 12.1 Å². The highest BCUT2D eigenvalue weighted by Gasteiger charge is 2.26. The van der Waals surface area contributed by atoms with E-state index in [1.54, 1.807) is 42.5 Å². The number of primary amides is 1. The predicted molar refractivity (Wildman–Crippen MR) is 133 cm³/mol. The van der Waals surface area contributed by atoms with Crippen LogP contribution in [0.15, 0.2) is 54.6 Å². The Labute approximate surface area is 213 Å². The summed E-state index contributed by atoms with van der Waals surface area (Å²) >= 11 is 0. The van der Waals surface area contributed by atoms with Crippen molar-refractivity contribution in [2.45, 2.75) is 43.8 Å². The number of nitrogens with two attached hydrogens (primary N) is 2.